The number of aromatic nitrogens is 6. The zero-order valence-corrected chi connectivity index (χ0v) is 25.4. The van der Waals surface area contributed by atoms with Gasteiger partial charge in [-0.15, -0.1) is 20.3 Å². The number of rotatable bonds is 17. The summed E-state index contributed by atoms with van der Waals surface area (Å²) in [7, 11) is 0. The number of esters is 1. The molecule has 0 aliphatic heterocycles. The average molecular weight is 641 g/mol. The van der Waals surface area contributed by atoms with Crippen molar-refractivity contribution in [3.63, 3.8) is 0 Å². The molecular weight excluding hydrogens is 608 g/mol. The summed E-state index contributed by atoms with van der Waals surface area (Å²) in [4.78, 5) is 43.1. The Morgan fingerprint density at radius 1 is 1.04 bits per heavy atom. The predicted octanol–water partition coefficient (Wildman–Crippen LogP) is 4.53. The van der Waals surface area contributed by atoms with E-state index in [0.717, 1.165) is 40.9 Å². The summed E-state index contributed by atoms with van der Waals surface area (Å²) in [6.07, 6.45) is 2.47. The van der Waals surface area contributed by atoms with Gasteiger partial charge in [0.1, 0.15) is 19.0 Å². The predicted molar refractivity (Wildman–Crippen MR) is 161 cm³/mol. The molecule has 1 amide bonds. The normalized spacial score (nSPS) is 10.8. The molecule has 0 unspecified atom stereocenters. The number of unbranched alkanes of at least 4 members (excludes halogenated alkanes) is 2. The Kier molecular flexibility index (Phi) is 12.2. The number of nitrogens with zero attached hydrogens (tertiary/aromatic N) is 6. The molecule has 15 nitrogen and oxygen atoms in total. The van der Waals surface area contributed by atoms with E-state index in [9.17, 15) is 19.7 Å². The topological polar surface area (TPSA) is 189 Å². The first-order valence-electron chi connectivity index (χ1n) is 14.3. The smallest absolute Gasteiger partial charge is 0.408 e. The quantitative estimate of drug-likeness (QED) is 0.0713. The van der Waals surface area contributed by atoms with Crippen molar-refractivity contribution in [1.29, 1.82) is 0 Å². The first-order chi connectivity index (χ1) is 21.9. The number of imidazole rings is 1. The van der Waals surface area contributed by atoms with Crippen molar-refractivity contribution in [3.8, 4) is 22.5 Å². The van der Waals surface area contributed by atoms with Crippen molar-refractivity contribution in [2.75, 3.05) is 19.8 Å². The molecule has 0 aliphatic carbocycles. The molecule has 2 aromatic heterocycles. The summed E-state index contributed by atoms with van der Waals surface area (Å²) < 4.78 is 12.3. The zero-order valence-electron chi connectivity index (χ0n) is 24.6. The monoisotopic (exact) mass is 640 g/mol. The van der Waals surface area contributed by atoms with Crippen LogP contribution >= 0.6 is 11.6 Å². The molecule has 238 valence electrons. The number of benzene rings is 2. The number of H-pyrrole nitrogens is 1. The van der Waals surface area contributed by atoms with E-state index in [0.29, 0.717) is 37.3 Å². The molecule has 2 heterocycles. The van der Waals surface area contributed by atoms with E-state index in [-0.39, 0.29) is 25.0 Å². The van der Waals surface area contributed by atoms with E-state index in [4.69, 9.17) is 21.1 Å². The van der Waals surface area contributed by atoms with Crippen LogP contribution in [0, 0.1) is 10.1 Å². The average Bonchev–Trinajstić information content (AvgIpc) is 3.68. The van der Waals surface area contributed by atoms with Gasteiger partial charge in [-0.1, -0.05) is 73.5 Å². The number of alkyl carbamates (subject to hydrolysis) is 1. The summed E-state index contributed by atoms with van der Waals surface area (Å²) in [6.45, 7) is 1.93. The summed E-state index contributed by atoms with van der Waals surface area (Å²) in [5, 5.41) is 26.2. The van der Waals surface area contributed by atoms with Crippen molar-refractivity contribution >= 4 is 23.7 Å². The van der Waals surface area contributed by atoms with Crippen LogP contribution in [-0.2, 0) is 38.7 Å². The SMILES string of the molecule is CCCCc1nc(Cl)c(COC(=O)NCC(=O)OCCCCO[N+](=O)[O-])n1Cc1ccc(-c2ccccc2-c2nn[nH]n2)cc1. The highest BCUT2D eigenvalue weighted by atomic mass is 35.5. The molecule has 2 N–H and O–H groups in total. The third kappa shape index (κ3) is 9.72. The molecule has 0 fully saturated rings. The van der Waals surface area contributed by atoms with Gasteiger partial charge in [-0.2, -0.15) is 5.21 Å². The number of aryl methyl sites for hydroxylation is 1. The molecule has 4 aromatic rings. The molecule has 0 atom stereocenters. The minimum absolute atomic E-state index is 0.0399. The molecule has 0 radical (unpaired) electrons. The van der Waals surface area contributed by atoms with Gasteiger partial charge < -0.3 is 24.2 Å². The minimum atomic E-state index is -0.883. The van der Waals surface area contributed by atoms with Gasteiger partial charge in [-0.05, 0) is 41.2 Å². The maximum atomic E-state index is 12.3. The number of nitrogens with one attached hydrogen (secondary N) is 2. The Labute approximate surface area is 263 Å². The van der Waals surface area contributed by atoms with Gasteiger partial charge in [0, 0.05) is 18.5 Å². The molecule has 0 aliphatic rings. The highest BCUT2D eigenvalue weighted by Gasteiger charge is 2.19. The Bertz CT molecular complexity index is 1560. The van der Waals surface area contributed by atoms with Crippen LogP contribution in [0.4, 0.5) is 4.79 Å². The molecule has 0 spiro atoms. The van der Waals surface area contributed by atoms with E-state index in [1.165, 1.54) is 0 Å². The molecular formula is C29H33ClN8O7. The summed E-state index contributed by atoms with van der Waals surface area (Å²) in [5.41, 5.74) is 4.32. The fourth-order valence-electron chi connectivity index (χ4n) is 4.44. The van der Waals surface area contributed by atoms with Gasteiger partial charge in [0.15, 0.2) is 5.15 Å². The number of amides is 1. The van der Waals surface area contributed by atoms with Crippen molar-refractivity contribution in [2.24, 2.45) is 0 Å². The Hall–Kier alpha value is -5.05. The number of halogens is 1. The number of tetrazole rings is 1. The van der Waals surface area contributed by atoms with E-state index in [1.54, 1.807) is 0 Å². The lowest BCUT2D eigenvalue weighted by Gasteiger charge is -2.14. The number of hydrogen-bond acceptors (Lipinski definition) is 11. The highest BCUT2D eigenvalue weighted by Crippen LogP contribution is 2.30. The summed E-state index contributed by atoms with van der Waals surface area (Å²) in [6, 6.07) is 15.9. The fourth-order valence-corrected chi connectivity index (χ4v) is 4.70. The number of carbonyl (C=O) groups excluding carboxylic acids is 2. The van der Waals surface area contributed by atoms with Gasteiger partial charge in [-0.3, -0.25) is 4.79 Å². The van der Waals surface area contributed by atoms with Gasteiger partial charge in [0.25, 0.3) is 5.09 Å². The van der Waals surface area contributed by atoms with Crippen LogP contribution in [0.25, 0.3) is 22.5 Å². The van der Waals surface area contributed by atoms with Crippen LogP contribution in [-0.4, -0.2) is 67.1 Å². The van der Waals surface area contributed by atoms with Crippen LogP contribution in [0.15, 0.2) is 48.5 Å². The van der Waals surface area contributed by atoms with E-state index < -0.39 is 23.7 Å². The van der Waals surface area contributed by atoms with Crippen molar-refractivity contribution in [2.45, 2.75) is 52.2 Å². The third-order valence-electron chi connectivity index (χ3n) is 6.69. The molecule has 45 heavy (non-hydrogen) atoms. The van der Waals surface area contributed by atoms with Crippen LogP contribution in [0.2, 0.25) is 5.15 Å². The molecule has 4 rings (SSSR count). The first kappa shape index (κ1) is 32.9. The van der Waals surface area contributed by atoms with Crippen LogP contribution in [0.3, 0.4) is 0 Å². The minimum Gasteiger partial charge on any atom is -0.464 e. The van der Waals surface area contributed by atoms with Crippen molar-refractivity contribution in [3.05, 3.63) is 80.9 Å². The third-order valence-corrected chi connectivity index (χ3v) is 6.99. The second-order valence-corrected chi connectivity index (χ2v) is 10.2. The molecule has 16 heteroatoms. The van der Waals surface area contributed by atoms with Gasteiger partial charge in [0.2, 0.25) is 5.82 Å². The fraction of sp³-hybridized carbons (Fsp3) is 0.379. The van der Waals surface area contributed by atoms with Gasteiger partial charge in [-0.25, -0.2) is 9.78 Å². The molecule has 0 saturated carbocycles. The standard InChI is InChI=1S/C29H33ClN8O7/c1-2-3-10-25-32-27(30)24(19-44-29(40)31-17-26(39)43-15-6-7-16-45-38(41)42)37(25)18-20-11-13-21(14-12-20)22-8-4-5-9-23(22)28-33-35-36-34-28/h4-5,8-9,11-14H,2-3,6-7,10,15-19H2,1H3,(H,31,40)(H,33,34,35,36). The van der Waals surface area contributed by atoms with Gasteiger partial charge in [0.05, 0.1) is 18.9 Å². The maximum absolute atomic E-state index is 12.3. The van der Waals surface area contributed by atoms with Gasteiger partial charge >= 0.3 is 12.1 Å². The van der Waals surface area contributed by atoms with Crippen molar-refractivity contribution in [1.82, 2.24) is 35.5 Å². The summed E-state index contributed by atoms with van der Waals surface area (Å²) >= 11 is 6.50. The number of ether oxygens (including phenoxy) is 2. The lowest BCUT2D eigenvalue weighted by atomic mass is 9.98. The van der Waals surface area contributed by atoms with Crippen LogP contribution < -0.4 is 5.32 Å². The first-order valence-corrected chi connectivity index (χ1v) is 14.7. The lowest BCUT2D eigenvalue weighted by Crippen LogP contribution is -2.31. The van der Waals surface area contributed by atoms with E-state index in [1.807, 2.05) is 53.1 Å². The number of aromatic amines is 1. The Morgan fingerprint density at radius 2 is 1.80 bits per heavy atom. The van der Waals surface area contributed by atoms with Crippen molar-refractivity contribution < 1.29 is 29.0 Å². The van der Waals surface area contributed by atoms with Crippen LogP contribution in [0.5, 0.6) is 0 Å². The largest absolute Gasteiger partial charge is 0.464 e. The Balaban J connectivity index is 1.36. The molecule has 0 bridgehead atoms. The number of carbonyl (C=O) groups is 2. The maximum Gasteiger partial charge on any atom is 0.408 e. The Morgan fingerprint density at radius 3 is 2.51 bits per heavy atom. The zero-order chi connectivity index (χ0) is 32.0. The molecule has 0 saturated heterocycles. The second kappa shape index (κ2) is 16.7. The van der Waals surface area contributed by atoms with E-state index >= 15 is 0 Å². The number of hydrogen-bond donors (Lipinski definition) is 2. The van der Waals surface area contributed by atoms with E-state index in [2.05, 4.69) is 42.7 Å². The highest BCUT2D eigenvalue weighted by molar-refractivity contribution is 6.30. The molecule has 2 aromatic carbocycles. The summed E-state index contributed by atoms with van der Waals surface area (Å²) in [5.74, 6) is 0.613. The van der Waals surface area contributed by atoms with Crippen LogP contribution in [0.1, 0.15) is 49.7 Å². The second-order valence-electron chi connectivity index (χ2n) is 9.85. The lowest BCUT2D eigenvalue weighted by molar-refractivity contribution is -0.757.